The van der Waals surface area contributed by atoms with E-state index in [1.54, 1.807) is 0 Å². The van der Waals surface area contributed by atoms with Gasteiger partial charge in [-0.15, -0.1) is 4.99 Å². The van der Waals surface area contributed by atoms with Gasteiger partial charge >= 0.3 is 11.9 Å². The maximum absolute atomic E-state index is 13.2. The minimum Gasteiger partial charge on any atom is -0.465 e. The molecule has 3 aliphatic carbocycles. The summed E-state index contributed by atoms with van der Waals surface area (Å²) >= 11 is 0. The zero-order chi connectivity index (χ0) is 32.3. The molecule has 0 saturated heterocycles. The van der Waals surface area contributed by atoms with Gasteiger partial charge in [0, 0.05) is 0 Å². The Morgan fingerprint density at radius 2 is 1.27 bits per heavy atom. The highest BCUT2D eigenvalue weighted by Gasteiger charge is 2.39. The molecule has 3 aliphatic rings. The Hall–Kier alpha value is -1.22. The summed E-state index contributed by atoms with van der Waals surface area (Å²) in [5, 5.41) is 0. The molecule has 0 aromatic carbocycles. The number of unbranched alkanes of at least 4 members (excludes halogenated alkanes) is 8. The minimum absolute atomic E-state index is 0.00580. The van der Waals surface area contributed by atoms with Crippen LogP contribution in [0.3, 0.4) is 0 Å². The van der Waals surface area contributed by atoms with Gasteiger partial charge in [0.05, 0.1) is 30.7 Å². The third-order valence-corrected chi connectivity index (χ3v) is 11.0. The van der Waals surface area contributed by atoms with E-state index in [-0.39, 0.29) is 48.2 Å². The van der Waals surface area contributed by atoms with E-state index in [1.165, 1.54) is 51.4 Å². The molecular formula is C37H67NO7. The number of hydrogen-bond donors (Lipinski definition) is 1. The average Bonchev–Trinajstić information content (AvgIpc) is 3.06. The lowest BCUT2D eigenvalue weighted by atomic mass is 9.70. The molecule has 0 amide bonds. The van der Waals surface area contributed by atoms with E-state index in [0.717, 1.165) is 89.9 Å². The summed E-state index contributed by atoms with van der Waals surface area (Å²) in [4.78, 5) is 35.8. The fraction of sp³-hybridized carbons (Fsp3) is 0.946. The fourth-order valence-corrected chi connectivity index (χ4v) is 8.00. The van der Waals surface area contributed by atoms with E-state index in [9.17, 15) is 9.59 Å². The van der Waals surface area contributed by atoms with Crippen LogP contribution in [0.4, 0.5) is 0 Å². The lowest BCUT2D eigenvalue weighted by molar-refractivity contribution is -0.353. The highest BCUT2D eigenvalue weighted by Crippen LogP contribution is 2.41. The number of rotatable bonds is 21. The first kappa shape index (κ1) is 38.2. The molecule has 0 bridgehead atoms. The molecule has 0 radical (unpaired) electrons. The number of esters is 2. The molecular weight excluding hydrogens is 570 g/mol. The van der Waals surface area contributed by atoms with Gasteiger partial charge in [0.1, 0.15) is 12.2 Å². The lowest BCUT2D eigenvalue weighted by Crippen LogP contribution is -2.43. The van der Waals surface area contributed by atoms with Gasteiger partial charge in [-0.1, -0.05) is 78.6 Å². The quantitative estimate of drug-likeness (QED) is 0.0575. The Labute approximate surface area is 274 Å². The van der Waals surface area contributed by atoms with Crippen molar-refractivity contribution in [2.45, 2.75) is 193 Å². The van der Waals surface area contributed by atoms with Crippen LogP contribution in [0.1, 0.15) is 168 Å². The Morgan fingerprint density at radius 3 is 1.91 bits per heavy atom. The molecule has 2 N–H and O–H groups in total. The summed E-state index contributed by atoms with van der Waals surface area (Å²) in [7, 11) is 0. The van der Waals surface area contributed by atoms with Crippen molar-refractivity contribution in [1.82, 2.24) is 0 Å². The summed E-state index contributed by atoms with van der Waals surface area (Å²) in [6, 6.07) is 0. The summed E-state index contributed by atoms with van der Waals surface area (Å²) in [5.41, 5.74) is 0. The first-order valence-corrected chi connectivity index (χ1v) is 19.0. The van der Waals surface area contributed by atoms with Crippen LogP contribution in [0.25, 0.3) is 0 Å². The van der Waals surface area contributed by atoms with E-state index in [0.29, 0.717) is 24.9 Å². The molecule has 45 heavy (non-hydrogen) atoms. The topological polar surface area (TPSA) is 106 Å². The Kier molecular flexibility index (Phi) is 19.0. The number of carbonyl (C=O) groups is 2. The summed E-state index contributed by atoms with van der Waals surface area (Å²) in [6.45, 7) is 7.20. The van der Waals surface area contributed by atoms with Crippen molar-refractivity contribution in [3.63, 3.8) is 0 Å². The van der Waals surface area contributed by atoms with Crippen molar-refractivity contribution >= 4 is 11.9 Å². The molecule has 0 heterocycles. The average molecular weight is 638 g/mol. The Balaban J connectivity index is 1.32. The second-order valence-corrected chi connectivity index (χ2v) is 14.3. The summed E-state index contributed by atoms with van der Waals surface area (Å²) < 4.78 is 18.1. The van der Waals surface area contributed by atoms with Crippen molar-refractivity contribution in [2.24, 2.45) is 29.6 Å². The van der Waals surface area contributed by atoms with Crippen molar-refractivity contribution in [1.29, 1.82) is 0 Å². The second kappa shape index (κ2) is 22.4. The third kappa shape index (κ3) is 13.8. The molecule has 0 aliphatic heterocycles. The van der Waals surface area contributed by atoms with Crippen molar-refractivity contribution in [3.05, 3.63) is 0 Å². The molecule has 8 nitrogen and oxygen atoms in total. The Bertz CT molecular complexity index is 794. The van der Waals surface area contributed by atoms with Gasteiger partial charge < -0.3 is 14.2 Å². The number of hydrogen-bond acceptors (Lipinski definition) is 8. The van der Waals surface area contributed by atoms with E-state index in [1.807, 2.05) is 0 Å². The number of ether oxygens (including phenoxy) is 3. The smallest absolute Gasteiger partial charge is 0.309 e. The van der Waals surface area contributed by atoms with Crippen LogP contribution in [0.2, 0.25) is 0 Å². The van der Waals surface area contributed by atoms with Crippen molar-refractivity contribution < 1.29 is 33.7 Å². The first-order valence-electron chi connectivity index (χ1n) is 19.0. The zero-order valence-electron chi connectivity index (χ0n) is 29.0. The molecule has 8 heteroatoms. The fourth-order valence-electron chi connectivity index (χ4n) is 8.00. The monoisotopic (exact) mass is 637 g/mol. The molecule has 3 saturated carbocycles. The largest absolute Gasteiger partial charge is 0.465 e. The van der Waals surface area contributed by atoms with Crippen LogP contribution in [0, 0.1) is 23.7 Å². The molecule has 3 rings (SSSR count). The van der Waals surface area contributed by atoms with E-state index in [4.69, 9.17) is 25.0 Å². The van der Waals surface area contributed by atoms with Gasteiger partial charge in [0.2, 0.25) is 0 Å². The van der Waals surface area contributed by atoms with Crippen LogP contribution in [0.15, 0.2) is 0 Å². The first-order chi connectivity index (χ1) is 22.0. The van der Waals surface area contributed by atoms with Crippen LogP contribution < -0.4 is 5.90 Å². The highest BCUT2D eigenvalue weighted by atomic mass is 17.3. The zero-order valence-corrected chi connectivity index (χ0v) is 29.0. The van der Waals surface area contributed by atoms with Gasteiger partial charge in [-0.25, -0.2) is 4.89 Å². The van der Waals surface area contributed by atoms with Gasteiger partial charge in [-0.2, -0.15) is 5.90 Å². The van der Waals surface area contributed by atoms with Crippen LogP contribution in [0.5, 0.6) is 0 Å². The van der Waals surface area contributed by atoms with Crippen LogP contribution in [-0.4, -0.2) is 43.0 Å². The van der Waals surface area contributed by atoms with Gasteiger partial charge in [-0.05, 0) is 102 Å². The second-order valence-electron chi connectivity index (χ2n) is 14.3. The molecule has 4 atom stereocenters. The minimum atomic E-state index is -0.371. The van der Waals surface area contributed by atoms with E-state index >= 15 is 0 Å². The van der Waals surface area contributed by atoms with Crippen molar-refractivity contribution in [3.8, 4) is 0 Å². The van der Waals surface area contributed by atoms with Crippen LogP contribution >= 0.6 is 0 Å². The molecule has 0 aromatic heterocycles. The van der Waals surface area contributed by atoms with Gasteiger partial charge in [-0.3, -0.25) is 9.59 Å². The number of carbonyl (C=O) groups excluding carboxylic acids is 2. The van der Waals surface area contributed by atoms with Crippen molar-refractivity contribution in [2.75, 3.05) is 6.61 Å². The molecule has 0 spiro atoms. The van der Waals surface area contributed by atoms with Gasteiger partial charge in [0.15, 0.2) is 0 Å². The number of nitrogens with two attached hydrogens (primary N) is 1. The van der Waals surface area contributed by atoms with Gasteiger partial charge in [0.25, 0.3) is 0 Å². The molecule has 0 aromatic rings. The predicted octanol–water partition coefficient (Wildman–Crippen LogP) is 8.92. The lowest BCUT2D eigenvalue weighted by Gasteiger charge is -2.38. The molecule has 4 unspecified atom stereocenters. The van der Waals surface area contributed by atoms with E-state index < -0.39 is 0 Å². The third-order valence-electron chi connectivity index (χ3n) is 11.0. The molecule has 262 valence electrons. The summed E-state index contributed by atoms with van der Waals surface area (Å²) in [5.74, 6) is 6.40. The summed E-state index contributed by atoms with van der Waals surface area (Å²) in [6.07, 6.45) is 24.0. The Morgan fingerprint density at radius 1 is 0.667 bits per heavy atom. The van der Waals surface area contributed by atoms with E-state index in [2.05, 4.69) is 25.8 Å². The van der Waals surface area contributed by atoms with Crippen LogP contribution in [-0.2, 0) is 33.7 Å². The predicted molar refractivity (Wildman–Crippen MR) is 177 cm³/mol. The maximum atomic E-state index is 13.2. The SMILES string of the molecule is CCCCCCCCOC(=O)C1CCC(C2CCC(OC(=O)C3CCC(OC(CC)CCCCCC)C(OON)C3)CC2)CC1. The standard InChI is InChI=1S/C37H67NO7/c1-4-7-9-11-12-14-26-41-36(39)30-18-16-28(17-19-30)29-20-23-33(24-21-29)43-37(40)31-22-25-34(35(27-31)44-45-38)42-32(6-3)15-13-10-8-5-2/h28-35H,4-27,38H2,1-3H3. The highest BCUT2D eigenvalue weighted by molar-refractivity contribution is 5.73. The maximum Gasteiger partial charge on any atom is 0.309 e. The normalized spacial score (nSPS) is 29.6. The molecule has 3 fully saturated rings.